The number of nitrogens with one attached hydrogen (secondary N) is 1. The molecule has 0 unspecified atom stereocenters. The first kappa shape index (κ1) is 14.5. The molecule has 0 radical (unpaired) electrons. The second-order valence-electron chi connectivity index (χ2n) is 3.98. The van der Waals surface area contributed by atoms with Crippen molar-refractivity contribution in [1.29, 1.82) is 0 Å². The van der Waals surface area contributed by atoms with Crippen LogP contribution in [0.4, 0.5) is 0 Å². The van der Waals surface area contributed by atoms with Gasteiger partial charge < -0.3 is 10.4 Å². The van der Waals surface area contributed by atoms with Crippen molar-refractivity contribution in [3.8, 4) is 0 Å². The maximum Gasteiger partial charge on any atom is 0.0863 e. The minimum Gasteiger partial charge on any atom is -0.396 e. The summed E-state index contributed by atoms with van der Waals surface area (Å²) < 4.78 is 1.96. The average molecular weight is 260 g/mol. The number of aliphatic hydroxyl groups is 1. The third-order valence-electron chi connectivity index (χ3n) is 2.75. The zero-order chi connectivity index (χ0) is 12.7. The summed E-state index contributed by atoms with van der Waals surface area (Å²) in [6, 6.07) is 0. The summed E-state index contributed by atoms with van der Waals surface area (Å²) >= 11 is 6.29. The molecule has 0 aliphatic heterocycles. The van der Waals surface area contributed by atoms with Gasteiger partial charge in [-0.15, -0.1) is 0 Å². The zero-order valence-corrected chi connectivity index (χ0v) is 11.4. The molecule has 17 heavy (non-hydrogen) atoms. The Morgan fingerprint density at radius 3 is 2.71 bits per heavy atom. The molecule has 5 heteroatoms. The fraction of sp³-hybridized carbons (Fsp3) is 0.750. The van der Waals surface area contributed by atoms with Gasteiger partial charge in [-0.25, -0.2) is 0 Å². The van der Waals surface area contributed by atoms with E-state index in [0.717, 1.165) is 55.3 Å². The van der Waals surface area contributed by atoms with Crippen molar-refractivity contribution in [2.45, 2.75) is 46.2 Å². The van der Waals surface area contributed by atoms with Gasteiger partial charge in [-0.2, -0.15) is 5.10 Å². The Labute approximate surface area is 108 Å². The number of unbranched alkanes of at least 4 members (excludes halogenated alkanes) is 1. The van der Waals surface area contributed by atoms with E-state index in [2.05, 4.69) is 24.3 Å². The van der Waals surface area contributed by atoms with Crippen LogP contribution >= 0.6 is 11.6 Å². The van der Waals surface area contributed by atoms with Crippen LogP contribution in [0.1, 0.15) is 38.1 Å². The van der Waals surface area contributed by atoms with Crippen molar-refractivity contribution >= 4 is 11.6 Å². The van der Waals surface area contributed by atoms with E-state index in [-0.39, 0.29) is 6.61 Å². The molecule has 1 rings (SSSR count). The molecule has 0 fully saturated rings. The van der Waals surface area contributed by atoms with Gasteiger partial charge in [0.15, 0.2) is 0 Å². The maximum atomic E-state index is 8.68. The van der Waals surface area contributed by atoms with E-state index in [9.17, 15) is 0 Å². The topological polar surface area (TPSA) is 50.1 Å². The Kier molecular flexibility index (Phi) is 6.55. The Hall–Kier alpha value is -0.580. The van der Waals surface area contributed by atoms with Gasteiger partial charge in [0.2, 0.25) is 0 Å². The number of aryl methyl sites for hydroxylation is 2. The highest BCUT2D eigenvalue weighted by atomic mass is 35.5. The first-order chi connectivity index (χ1) is 8.24. The summed E-state index contributed by atoms with van der Waals surface area (Å²) in [6.07, 6.45) is 2.69. The summed E-state index contributed by atoms with van der Waals surface area (Å²) in [7, 11) is 0. The minimum absolute atomic E-state index is 0.259. The van der Waals surface area contributed by atoms with Gasteiger partial charge in [0.1, 0.15) is 0 Å². The summed E-state index contributed by atoms with van der Waals surface area (Å²) in [5.74, 6) is 0. The maximum absolute atomic E-state index is 8.68. The zero-order valence-electron chi connectivity index (χ0n) is 10.7. The summed E-state index contributed by atoms with van der Waals surface area (Å²) in [4.78, 5) is 0. The smallest absolute Gasteiger partial charge is 0.0863 e. The second kappa shape index (κ2) is 7.69. The molecule has 1 aromatic rings. The van der Waals surface area contributed by atoms with Gasteiger partial charge in [0.25, 0.3) is 0 Å². The largest absolute Gasteiger partial charge is 0.396 e. The number of rotatable bonds is 8. The van der Waals surface area contributed by atoms with E-state index in [1.54, 1.807) is 0 Å². The van der Waals surface area contributed by atoms with Gasteiger partial charge in [-0.1, -0.05) is 18.5 Å². The monoisotopic (exact) mass is 259 g/mol. The molecule has 0 saturated carbocycles. The predicted octanol–water partition coefficient (Wildman–Crippen LogP) is 1.98. The van der Waals surface area contributed by atoms with Crippen molar-refractivity contribution in [3.63, 3.8) is 0 Å². The van der Waals surface area contributed by atoms with Gasteiger partial charge in [0.05, 0.1) is 16.4 Å². The highest BCUT2D eigenvalue weighted by molar-refractivity contribution is 6.31. The van der Waals surface area contributed by atoms with Crippen molar-refractivity contribution in [1.82, 2.24) is 15.1 Å². The number of nitrogens with zero attached hydrogens (tertiary/aromatic N) is 2. The summed E-state index contributed by atoms with van der Waals surface area (Å²) in [5.41, 5.74) is 2.04. The molecule has 0 aromatic carbocycles. The van der Waals surface area contributed by atoms with Gasteiger partial charge >= 0.3 is 0 Å². The highest BCUT2D eigenvalue weighted by Crippen LogP contribution is 2.21. The molecule has 0 aliphatic rings. The lowest BCUT2D eigenvalue weighted by molar-refractivity contribution is 0.283. The molecule has 0 spiro atoms. The molecule has 0 saturated heterocycles. The Morgan fingerprint density at radius 2 is 2.12 bits per heavy atom. The van der Waals surface area contributed by atoms with E-state index in [1.165, 1.54) is 0 Å². The second-order valence-corrected chi connectivity index (χ2v) is 4.36. The van der Waals surface area contributed by atoms with Crippen LogP contribution in [0.25, 0.3) is 0 Å². The third kappa shape index (κ3) is 3.98. The van der Waals surface area contributed by atoms with E-state index in [4.69, 9.17) is 16.7 Å². The standard InChI is InChI=1S/C12H22ClN3O/c1-3-10-12(13)11(16(4-2)15-10)9-14-7-5-6-8-17/h14,17H,3-9H2,1-2H3. The van der Waals surface area contributed by atoms with Crippen LogP contribution in [-0.2, 0) is 19.5 Å². The summed E-state index contributed by atoms with van der Waals surface area (Å²) in [5, 5.41) is 17.3. The number of halogens is 1. The fourth-order valence-corrected chi connectivity index (χ4v) is 2.09. The minimum atomic E-state index is 0.259. The van der Waals surface area contributed by atoms with Gasteiger partial charge in [-0.3, -0.25) is 4.68 Å². The van der Waals surface area contributed by atoms with Crippen LogP contribution in [0.3, 0.4) is 0 Å². The van der Waals surface area contributed by atoms with Crippen molar-refractivity contribution in [2.75, 3.05) is 13.2 Å². The molecule has 0 aliphatic carbocycles. The van der Waals surface area contributed by atoms with E-state index >= 15 is 0 Å². The molecule has 0 bridgehead atoms. The number of aliphatic hydroxyl groups excluding tert-OH is 1. The van der Waals surface area contributed by atoms with Gasteiger partial charge in [0, 0.05) is 19.7 Å². The van der Waals surface area contributed by atoms with Crippen LogP contribution in [0.15, 0.2) is 0 Å². The van der Waals surface area contributed by atoms with E-state index in [0.29, 0.717) is 0 Å². The van der Waals surface area contributed by atoms with Crippen LogP contribution < -0.4 is 5.32 Å². The van der Waals surface area contributed by atoms with Crippen molar-refractivity contribution < 1.29 is 5.11 Å². The molecule has 0 atom stereocenters. The lowest BCUT2D eigenvalue weighted by atomic mass is 10.3. The molecule has 0 amide bonds. The lowest BCUT2D eigenvalue weighted by Gasteiger charge is -2.07. The Bertz CT molecular complexity index is 339. The van der Waals surface area contributed by atoms with E-state index in [1.807, 2.05) is 4.68 Å². The third-order valence-corrected chi connectivity index (χ3v) is 3.18. The van der Waals surface area contributed by atoms with Crippen LogP contribution in [-0.4, -0.2) is 28.0 Å². The van der Waals surface area contributed by atoms with Crippen molar-refractivity contribution in [2.24, 2.45) is 0 Å². The van der Waals surface area contributed by atoms with Crippen molar-refractivity contribution in [3.05, 3.63) is 16.4 Å². The molecule has 4 nitrogen and oxygen atoms in total. The van der Waals surface area contributed by atoms with E-state index < -0.39 is 0 Å². The Morgan fingerprint density at radius 1 is 1.35 bits per heavy atom. The molecular weight excluding hydrogens is 238 g/mol. The Balaban J connectivity index is 2.54. The number of aromatic nitrogens is 2. The molecule has 1 heterocycles. The van der Waals surface area contributed by atoms with Crippen LogP contribution in [0.2, 0.25) is 5.02 Å². The first-order valence-corrected chi connectivity index (χ1v) is 6.68. The fourth-order valence-electron chi connectivity index (χ4n) is 1.75. The molecule has 98 valence electrons. The lowest BCUT2D eigenvalue weighted by Crippen LogP contribution is -2.18. The predicted molar refractivity (Wildman–Crippen MR) is 70.3 cm³/mol. The number of hydrogen-bond donors (Lipinski definition) is 2. The van der Waals surface area contributed by atoms with Crippen LogP contribution in [0.5, 0.6) is 0 Å². The highest BCUT2D eigenvalue weighted by Gasteiger charge is 2.13. The average Bonchev–Trinajstić information content (AvgIpc) is 2.65. The SMILES string of the molecule is CCc1nn(CC)c(CNCCCCO)c1Cl. The summed E-state index contributed by atoms with van der Waals surface area (Å²) in [6.45, 7) is 6.87. The normalized spacial score (nSPS) is 11.1. The quantitative estimate of drug-likeness (QED) is 0.702. The molecular formula is C12H22ClN3O. The van der Waals surface area contributed by atoms with Crippen LogP contribution in [0, 0.1) is 0 Å². The first-order valence-electron chi connectivity index (χ1n) is 6.30. The number of hydrogen-bond acceptors (Lipinski definition) is 3. The van der Waals surface area contributed by atoms with Gasteiger partial charge in [-0.05, 0) is 32.7 Å². The molecule has 1 aromatic heterocycles. The molecule has 2 N–H and O–H groups in total.